The van der Waals surface area contributed by atoms with Crippen molar-refractivity contribution in [1.82, 2.24) is 4.90 Å². The molecule has 0 aliphatic heterocycles. The second-order valence-corrected chi connectivity index (χ2v) is 11.9. The molecular weight excluding hydrogens is 528 g/mol. The molecule has 0 aliphatic rings. The van der Waals surface area contributed by atoms with E-state index >= 15 is 0 Å². The Balaban J connectivity index is 1.98. The van der Waals surface area contributed by atoms with Crippen LogP contribution in [0.4, 0.5) is 5.69 Å². The minimum absolute atomic E-state index is 0.245. The SMILES string of the molecule is CC(C)[C@@H](C(=O)N(c1ccccc1)[C@@H](Cc1ccccc1)C(=O)OC(C)(C)C)N(C)C(=O)[C@H](C)OCc1ccccc1. The molecule has 0 aliphatic carbocycles. The minimum Gasteiger partial charge on any atom is -0.458 e. The second-order valence-electron chi connectivity index (χ2n) is 11.9. The van der Waals surface area contributed by atoms with Crippen LogP contribution in [0, 0.1) is 5.92 Å². The Labute approximate surface area is 250 Å². The van der Waals surface area contributed by atoms with Crippen molar-refractivity contribution in [3.05, 3.63) is 102 Å². The normalized spacial score (nSPS) is 13.6. The zero-order valence-corrected chi connectivity index (χ0v) is 25.8. The van der Waals surface area contributed by atoms with Crippen LogP contribution in [-0.2, 0) is 36.9 Å². The summed E-state index contributed by atoms with van der Waals surface area (Å²) < 4.78 is 11.7. The number of hydrogen-bond donors (Lipinski definition) is 0. The van der Waals surface area contributed by atoms with Gasteiger partial charge in [-0.3, -0.25) is 14.5 Å². The van der Waals surface area contributed by atoms with Crippen molar-refractivity contribution in [2.75, 3.05) is 11.9 Å². The molecule has 42 heavy (non-hydrogen) atoms. The molecule has 7 nitrogen and oxygen atoms in total. The van der Waals surface area contributed by atoms with E-state index in [1.54, 1.807) is 46.9 Å². The first kappa shape index (κ1) is 32.5. The van der Waals surface area contributed by atoms with Gasteiger partial charge in [-0.1, -0.05) is 92.7 Å². The summed E-state index contributed by atoms with van der Waals surface area (Å²) in [6, 6.07) is 26.4. The van der Waals surface area contributed by atoms with E-state index in [0.717, 1.165) is 11.1 Å². The standard InChI is InChI=1S/C35H44N2O5/c1-25(2)31(36(7)32(38)26(3)41-24-28-19-13-9-14-20-28)33(39)37(29-21-15-10-16-22-29)30(34(40)42-35(4,5)6)23-27-17-11-8-12-18-27/h8-22,25-26,30-31H,23-24H2,1-7H3/t26-,30-,31-/m0/s1. The quantitative estimate of drug-likeness (QED) is 0.247. The van der Waals surface area contributed by atoms with Gasteiger partial charge in [-0.05, 0) is 56.9 Å². The van der Waals surface area contributed by atoms with Crippen molar-refractivity contribution in [3.8, 4) is 0 Å². The van der Waals surface area contributed by atoms with Gasteiger partial charge >= 0.3 is 5.97 Å². The van der Waals surface area contributed by atoms with Crippen molar-refractivity contribution in [1.29, 1.82) is 0 Å². The molecule has 0 heterocycles. The highest BCUT2D eigenvalue weighted by atomic mass is 16.6. The van der Waals surface area contributed by atoms with Crippen molar-refractivity contribution in [2.45, 2.75) is 78.4 Å². The molecule has 0 aromatic heterocycles. The molecule has 3 aromatic carbocycles. The summed E-state index contributed by atoms with van der Waals surface area (Å²) in [6.07, 6.45) is -0.532. The Morgan fingerprint density at radius 2 is 1.24 bits per heavy atom. The molecule has 0 bridgehead atoms. The lowest BCUT2D eigenvalue weighted by atomic mass is 9.97. The number of likely N-dealkylation sites (N-methyl/N-ethyl adjacent to an activating group) is 1. The van der Waals surface area contributed by atoms with Crippen LogP contribution in [0.25, 0.3) is 0 Å². The van der Waals surface area contributed by atoms with Crippen LogP contribution in [0.3, 0.4) is 0 Å². The number of amides is 2. The maximum Gasteiger partial charge on any atom is 0.330 e. The van der Waals surface area contributed by atoms with E-state index in [1.165, 1.54) is 9.80 Å². The predicted octanol–water partition coefficient (Wildman–Crippen LogP) is 6.06. The molecule has 0 N–H and O–H groups in total. The Hall–Kier alpha value is -3.97. The Morgan fingerprint density at radius 3 is 1.74 bits per heavy atom. The van der Waals surface area contributed by atoms with Crippen molar-refractivity contribution in [3.63, 3.8) is 0 Å². The third-order valence-corrected chi connectivity index (χ3v) is 6.87. The smallest absolute Gasteiger partial charge is 0.330 e. The first-order valence-corrected chi connectivity index (χ1v) is 14.5. The molecule has 3 aromatic rings. The predicted molar refractivity (Wildman–Crippen MR) is 166 cm³/mol. The molecule has 0 saturated heterocycles. The Kier molecular flexibility index (Phi) is 11.5. The van der Waals surface area contributed by atoms with E-state index < -0.39 is 29.8 Å². The summed E-state index contributed by atoms with van der Waals surface area (Å²) in [5.74, 6) is -1.45. The summed E-state index contributed by atoms with van der Waals surface area (Å²) in [5.41, 5.74) is 1.63. The monoisotopic (exact) mass is 572 g/mol. The summed E-state index contributed by atoms with van der Waals surface area (Å²) in [4.78, 5) is 45.0. The Morgan fingerprint density at radius 1 is 0.738 bits per heavy atom. The maximum atomic E-state index is 14.6. The largest absolute Gasteiger partial charge is 0.458 e. The van der Waals surface area contributed by atoms with Crippen LogP contribution in [0.2, 0.25) is 0 Å². The topological polar surface area (TPSA) is 76.2 Å². The molecule has 0 spiro atoms. The zero-order valence-electron chi connectivity index (χ0n) is 25.8. The van der Waals surface area contributed by atoms with Gasteiger partial charge in [0.1, 0.15) is 23.8 Å². The molecule has 0 saturated carbocycles. The van der Waals surface area contributed by atoms with Gasteiger partial charge in [0.25, 0.3) is 11.8 Å². The average molecular weight is 573 g/mol. The minimum atomic E-state index is -0.960. The van der Waals surface area contributed by atoms with E-state index in [0.29, 0.717) is 5.69 Å². The van der Waals surface area contributed by atoms with Gasteiger partial charge in [-0.2, -0.15) is 0 Å². The molecule has 0 fully saturated rings. The molecule has 224 valence electrons. The number of carbonyl (C=O) groups excluding carboxylic acids is 3. The highest BCUT2D eigenvalue weighted by Crippen LogP contribution is 2.26. The van der Waals surface area contributed by atoms with Crippen molar-refractivity contribution >= 4 is 23.5 Å². The van der Waals surface area contributed by atoms with Crippen LogP contribution < -0.4 is 4.90 Å². The van der Waals surface area contributed by atoms with Crippen molar-refractivity contribution < 1.29 is 23.9 Å². The zero-order chi connectivity index (χ0) is 30.9. The second kappa shape index (κ2) is 14.8. The summed E-state index contributed by atoms with van der Waals surface area (Å²) >= 11 is 0. The summed E-state index contributed by atoms with van der Waals surface area (Å²) in [6.45, 7) is 11.2. The molecular formula is C35H44N2O5. The number of anilines is 1. The van der Waals surface area contributed by atoms with Crippen molar-refractivity contribution in [2.24, 2.45) is 5.92 Å². The fourth-order valence-electron chi connectivity index (χ4n) is 4.87. The number of hydrogen-bond acceptors (Lipinski definition) is 5. The number of rotatable bonds is 12. The van der Waals surface area contributed by atoms with Crippen LogP contribution in [0.5, 0.6) is 0 Å². The molecule has 0 unspecified atom stereocenters. The highest BCUT2D eigenvalue weighted by Gasteiger charge is 2.41. The van der Waals surface area contributed by atoms with Gasteiger partial charge in [-0.15, -0.1) is 0 Å². The van der Waals surface area contributed by atoms with Gasteiger partial charge < -0.3 is 14.4 Å². The average Bonchev–Trinajstić information content (AvgIpc) is 2.95. The molecule has 2 amide bonds. The molecule has 7 heteroatoms. The van der Waals surface area contributed by atoms with Gasteiger partial charge in [-0.25, -0.2) is 4.79 Å². The molecule has 3 rings (SSSR count). The molecule has 3 atom stereocenters. The number of ether oxygens (including phenoxy) is 2. The van der Waals surface area contributed by atoms with Gasteiger partial charge in [0.05, 0.1) is 6.61 Å². The van der Waals surface area contributed by atoms with Crippen LogP contribution in [-0.4, -0.2) is 53.5 Å². The molecule has 0 radical (unpaired) electrons. The van der Waals surface area contributed by atoms with E-state index in [2.05, 4.69) is 0 Å². The number of benzene rings is 3. The summed E-state index contributed by atoms with van der Waals surface area (Å²) in [5, 5.41) is 0. The van der Waals surface area contributed by atoms with E-state index in [9.17, 15) is 14.4 Å². The first-order chi connectivity index (χ1) is 19.9. The maximum absolute atomic E-state index is 14.6. The fourth-order valence-corrected chi connectivity index (χ4v) is 4.87. The lowest BCUT2D eigenvalue weighted by molar-refractivity contribution is -0.158. The lowest BCUT2D eigenvalue weighted by Gasteiger charge is -2.39. The number of para-hydroxylation sites is 1. The van der Waals surface area contributed by atoms with Gasteiger partial charge in [0, 0.05) is 19.2 Å². The Bertz CT molecular complexity index is 1290. The van der Waals surface area contributed by atoms with Gasteiger partial charge in [0.15, 0.2) is 0 Å². The number of esters is 1. The fraction of sp³-hybridized carbons (Fsp3) is 0.400. The van der Waals surface area contributed by atoms with Gasteiger partial charge in [0.2, 0.25) is 0 Å². The van der Waals surface area contributed by atoms with E-state index in [-0.39, 0.29) is 30.8 Å². The van der Waals surface area contributed by atoms with Crippen LogP contribution in [0.15, 0.2) is 91.0 Å². The third kappa shape index (κ3) is 9.02. The van der Waals surface area contributed by atoms with E-state index in [4.69, 9.17) is 9.47 Å². The number of nitrogens with zero attached hydrogens (tertiary/aromatic N) is 2. The first-order valence-electron chi connectivity index (χ1n) is 14.5. The third-order valence-electron chi connectivity index (χ3n) is 6.87. The van der Waals surface area contributed by atoms with Crippen LogP contribution in [0.1, 0.15) is 52.7 Å². The summed E-state index contributed by atoms with van der Waals surface area (Å²) in [7, 11) is 1.62. The highest BCUT2D eigenvalue weighted by molar-refractivity contribution is 6.04. The van der Waals surface area contributed by atoms with Crippen LogP contribution >= 0.6 is 0 Å². The lowest BCUT2D eigenvalue weighted by Crippen LogP contribution is -2.58. The number of carbonyl (C=O) groups is 3. The van der Waals surface area contributed by atoms with E-state index in [1.807, 2.05) is 92.7 Å².